The van der Waals surface area contributed by atoms with Crippen molar-refractivity contribution in [3.63, 3.8) is 0 Å². The van der Waals surface area contributed by atoms with Crippen molar-refractivity contribution in [1.29, 1.82) is 0 Å². The molecule has 1 aromatic heterocycles. The Morgan fingerprint density at radius 2 is 1.57 bits per heavy atom. The Bertz CT molecular complexity index is 898. The summed E-state index contributed by atoms with van der Waals surface area (Å²) in [5.41, 5.74) is 1.87. The van der Waals surface area contributed by atoms with Crippen molar-refractivity contribution in [3.05, 3.63) is 64.6 Å². The molecule has 118 valence electrons. The highest BCUT2D eigenvalue weighted by Crippen LogP contribution is 2.32. The number of methoxy groups -OCH3 is 2. The molecule has 3 rings (SSSR count). The van der Waals surface area contributed by atoms with Gasteiger partial charge in [0.2, 0.25) is 0 Å². The van der Waals surface area contributed by atoms with Crippen LogP contribution >= 0.6 is 0 Å². The molecule has 0 saturated carbocycles. The van der Waals surface area contributed by atoms with Crippen LogP contribution in [0.1, 0.15) is 12.5 Å². The third-order valence-electron chi connectivity index (χ3n) is 4.02. The Hall–Kier alpha value is -2.75. The van der Waals surface area contributed by atoms with Crippen LogP contribution in [-0.4, -0.2) is 18.8 Å². The van der Waals surface area contributed by atoms with E-state index in [1.807, 2.05) is 42.6 Å². The van der Waals surface area contributed by atoms with Crippen LogP contribution in [0.4, 0.5) is 0 Å². The van der Waals surface area contributed by atoms with E-state index < -0.39 is 0 Å². The van der Waals surface area contributed by atoms with Gasteiger partial charge in [-0.3, -0.25) is 9.36 Å². The van der Waals surface area contributed by atoms with Crippen LogP contribution in [0.15, 0.2) is 53.5 Å². The summed E-state index contributed by atoms with van der Waals surface area (Å²) in [6.45, 7) is 2.07. The van der Waals surface area contributed by atoms with Gasteiger partial charge in [-0.2, -0.15) is 0 Å². The molecule has 0 saturated heterocycles. The minimum atomic E-state index is -0.0654. The standard InChI is InChI=1S/C19H19NO3/c1-4-13-12-20(14-8-6-5-7-9-14)19(21)16-11-18(23-3)17(22-2)10-15(13)16/h5-12H,4H2,1-3H3. The molecule has 0 unspecified atom stereocenters. The van der Waals surface area contributed by atoms with Crippen molar-refractivity contribution >= 4 is 10.8 Å². The quantitative estimate of drug-likeness (QED) is 0.740. The molecule has 23 heavy (non-hydrogen) atoms. The van der Waals surface area contributed by atoms with Gasteiger partial charge in [0.15, 0.2) is 11.5 Å². The molecule has 4 nitrogen and oxygen atoms in total. The fourth-order valence-electron chi connectivity index (χ4n) is 2.80. The number of pyridine rings is 1. The fourth-order valence-corrected chi connectivity index (χ4v) is 2.80. The predicted molar refractivity (Wildman–Crippen MR) is 92.0 cm³/mol. The molecule has 0 bridgehead atoms. The first-order valence-corrected chi connectivity index (χ1v) is 7.55. The third-order valence-corrected chi connectivity index (χ3v) is 4.02. The van der Waals surface area contributed by atoms with Gasteiger partial charge in [-0.1, -0.05) is 25.1 Å². The lowest BCUT2D eigenvalue weighted by atomic mass is 10.0. The predicted octanol–water partition coefficient (Wildman–Crippen LogP) is 3.57. The van der Waals surface area contributed by atoms with Crippen LogP contribution in [0.25, 0.3) is 16.5 Å². The zero-order valence-corrected chi connectivity index (χ0v) is 13.5. The van der Waals surface area contributed by atoms with Crippen molar-refractivity contribution in [1.82, 2.24) is 4.57 Å². The first-order chi connectivity index (χ1) is 11.2. The number of nitrogens with zero attached hydrogens (tertiary/aromatic N) is 1. The van der Waals surface area contributed by atoms with Gasteiger partial charge in [-0.05, 0) is 41.6 Å². The van der Waals surface area contributed by atoms with E-state index in [9.17, 15) is 4.79 Å². The molecule has 0 amide bonds. The van der Waals surface area contributed by atoms with Crippen LogP contribution in [0, 0.1) is 0 Å². The van der Waals surface area contributed by atoms with E-state index in [1.165, 1.54) is 0 Å². The van der Waals surface area contributed by atoms with Crippen LogP contribution < -0.4 is 15.0 Å². The highest BCUT2D eigenvalue weighted by molar-refractivity contribution is 5.88. The molecule has 0 N–H and O–H groups in total. The van der Waals surface area contributed by atoms with E-state index >= 15 is 0 Å². The third kappa shape index (κ3) is 2.57. The maximum atomic E-state index is 12.9. The molecule has 0 aliphatic heterocycles. The topological polar surface area (TPSA) is 40.5 Å². The Morgan fingerprint density at radius 1 is 0.957 bits per heavy atom. The van der Waals surface area contributed by atoms with E-state index in [2.05, 4.69) is 6.92 Å². The van der Waals surface area contributed by atoms with Crippen LogP contribution in [0.2, 0.25) is 0 Å². The van der Waals surface area contributed by atoms with Crippen molar-refractivity contribution in [2.24, 2.45) is 0 Å². The number of hydrogen-bond donors (Lipinski definition) is 0. The normalized spacial score (nSPS) is 10.7. The van der Waals surface area contributed by atoms with Crippen molar-refractivity contribution in [3.8, 4) is 17.2 Å². The summed E-state index contributed by atoms with van der Waals surface area (Å²) >= 11 is 0. The number of fused-ring (bicyclic) bond motifs is 1. The lowest BCUT2D eigenvalue weighted by Crippen LogP contribution is -2.19. The Kier molecular flexibility index (Phi) is 4.06. The lowest BCUT2D eigenvalue weighted by Gasteiger charge is -2.14. The highest BCUT2D eigenvalue weighted by atomic mass is 16.5. The number of benzene rings is 2. The average molecular weight is 309 g/mol. The van der Waals surface area contributed by atoms with Gasteiger partial charge in [0, 0.05) is 11.9 Å². The fraction of sp³-hybridized carbons (Fsp3) is 0.211. The summed E-state index contributed by atoms with van der Waals surface area (Å²) < 4.78 is 12.4. The van der Waals surface area contributed by atoms with Crippen LogP contribution in [0.5, 0.6) is 11.5 Å². The molecule has 0 aliphatic rings. The van der Waals surface area contributed by atoms with Crippen LogP contribution in [-0.2, 0) is 6.42 Å². The van der Waals surface area contributed by atoms with Gasteiger partial charge < -0.3 is 9.47 Å². The molecule has 0 atom stereocenters. The summed E-state index contributed by atoms with van der Waals surface area (Å²) in [5.74, 6) is 1.19. The van der Waals surface area contributed by atoms with Gasteiger partial charge in [-0.15, -0.1) is 0 Å². The Labute approximate surface area is 134 Å². The maximum Gasteiger partial charge on any atom is 0.263 e. The smallest absolute Gasteiger partial charge is 0.263 e. The highest BCUT2D eigenvalue weighted by Gasteiger charge is 2.14. The Morgan fingerprint density at radius 3 is 2.13 bits per heavy atom. The molecular weight excluding hydrogens is 290 g/mol. The molecule has 0 fully saturated rings. The minimum absolute atomic E-state index is 0.0654. The van der Waals surface area contributed by atoms with E-state index in [0.717, 1.165) is 23.1 Å². The summed E-state index contributed by atoms with van der Waals surface area (Å²) in [4.78, 5) is 12.9. The number of aryl methyl sites for hydroxylation is 1. The molecule has 3 aromatic rings. The van der Waals surface area contributed by atoms with Gasteiger partial charge in [0.25, 0.3) is 5.56 Å². The largest absolute Gasteiger partial charge is 0.493 e. The number of hydrogen-bond acceptors (Lipinski definition) is 3. The molecule has 2 aromatic carbocycles. The van der Waals surface area contributed by atoms with Gasteiger partial charge in [-0.25, -0.2) is 0 Å². The second-order valence-electron chi connectivity index (χ2n) is 5.27. The van der Waals surface area contributed by atoms with Gasteiger partial charge in [0.1, 0.15) is 0 Å². The second-order valence-corrected chi connectivity index (χ2v) is 5.27. The van der Waals surface area contributed by atoms with Crippen molar-refractivity contribution < 1.29 is 9.47 Å². The summed E-state index contributed by atoms with van der Waals surface area (Å²) in [6, 6.07) is 13.3. The van der Waals surface area contributed by atoms with Gasteiger partial charge in [0.05, 0.1) is 19.6 Å². The van der Waals surface area contributed by atoms with E-state index in [-0.39, 0.29) is 5.56 Å². The number of aromatic nitrogens is 1. The molecule has 4 heteroatoms. The number of rotatable bonds is 4. The Balaban J connectivity index is 2.38. The number of para-hydroxylation sites is 1. The van der Waals surface area contributed by atoms with Crippen molar-refractivity contribution in [2.45, 2.75) is 13.3 Å². The van der Waals surface area contributed by atoms with Crippen LogP contribution in [0.3, 0.4) is 0 Å². The monoisotopic (exact) mass is 309 g/mol. The lowest BCUT2D eigenvalue weighted by molar-refractivity contribution is 0.356. The zero-order chi connectivity index (χ0) is 16.4. The number of ether oxygens (including phenoxy) is 2. The van der Waals surface area contributed by atoms with E-state index in [1.54, 1.807) is 24.9 Å². The summed E-state index contributed by atoms with van der Waals surface area (Å²) in [7, 11) is 3.17. The minimum Gasteiger partial charge on any atom is -0.493 e. The van der Waals surface area contributed by atoms with E-state index in [4.69, 9.17) is 9.47 Å². The molecular formula is C19H19NO3. The summed E-state index contributed by atoms with van der Waals surface area (Å²) in [5, 5.41) is 1.54. The second kappa shape index (κ2) is 6.16. The first-order valence-electron chi connectivity index (χ1n) is 7.55. The molecule has 0 spiro atoms. The van der Waals surface area contributed by atoms with Crippen molar-refractivity contribution in [2.75, 3.05) is 14.2 Å². The van der Waals surface area contributed by atoms with E-state index in [0.29, 0.717) is 16.9 Å². The zero-order valence-electron chi connectivity index (χ0n) is 13.5. The molecule has 0 radical (unpaired) electrons. The summed E-state index contributed by atoms with van der Waals surface area (Å²) in [6.07, 6.45) is 2.73. The average Bonchev–Trinajstić information content (AvgIpc) is 2.61. The maximum absolute atomic E-state index is 12.9. The van der Waals surface area contributed by atoms with Gasteiger partial charge >= 0.3 is 0 Å². The first kappa shape index (κ1) is 15.2. The molecule has 0 aliphatic carbocycles. The SMILES string of the molecule is CCc1cn(-c2ccccc2)c(=O)c2cc(OC)c(OC)cc12. The molecule has 1 heterocycles.